The van der Waals surface area contributed by atoms with E-state index in [0.29, 0.717) is 32.3 Å². The van der Waals surface area contributed by atoms with Gasteiger partial charge in [0.05, 0.1) is 25.9 Å². The van der Waals surface area contributed by atoms with E-state index in [4.69, 9.17) is 28.4 Å². The monoisotopic (exact) mass is 997 g/mol. The molecule has 0 N–H and O–H groups in total. The van der Waals surface area contributed by atoms with Crippen molar-refractivity contribution in [3.8, 4) is 17.2 Å². The van der Waals surface area contributed by atoms with Crippen LogP contribution in [0.1, 0.15) is 249 Å². The standard InChI is InChI=1S/C64H100O8/c1-4-7-10-13-15-17-19-21-23-25-27-30-51-67-57-40-32-54(33-41-57)36-48-63(65)70-53-62-61(47-46-60(71-62)56-38-44-59(45-39-56)69-50-29-12-9-6-3)72-64(66)49-37-55-34-42-58(43-35-55)68-52-31-28-26-24-22-20-18-16-14-11-8-5-2/h32-35,38-45,60-62H,4-31,36-37,46-53H2,1-3H3/t60-,61-,62+/m0/s1. The van der Waals surface area contributed by atoms with Crippen molar-refractivity contribution in [2.75, 3.05) is 26.4 Å². The number of hydrogen-bond acceptors (Lipinski definition) is 8. The lowest BCUT2D eigenvalue weighted by atomic mass is 9.96. The smallest absolute Gasteiger partial charge is 0.306 e. The Morgan fingerprint density at radius 2 is 0.778 bits per heavy atom. The second-order valence-corrected chi connectivity index (χ2v) is 20.7. The van der Waals surface area contributed by atoms with Crippen molar-refractivity contribution in [2.45, 2.75) is 257 Å². The molecular weight excluding hydrogens is 897 g/mol. The van der Waals surface area contributed by atoms with Gasteiger partial charge in [-0.25, -0.2) is 0 Å². The Kier molecular flexibility index (Phi) is 33.9. The Morgan fingerprint density at radius 1 is 0.431 bits per heavy atom. The summed E-state index contributed by atoms with van der Waals surface area (Å²) >= 11 is 0. The van der Waals surface area contributed by atoms with Crippen LogP contribution in [0.5, 0.6) is 17.2 Å². The van der Waals surface area contributed by atoms with Crippen LogP contribution in [0.2, 0.25) is 0 Å². The maximum absolute atomic E-state index is 13.3. The molecule has 0 bridgehead atoms. The summed E-state index contributed by atoms with van der Waals surface area (Å²) in [5.74, 6) is 1.98. The van der Waals surface area contributed by atoms with Gasteiger partial charge >= 0.3 is 11.9 Å². The largest absolute Gasteiger partial charge is 0.494 e. The first kappa shape index (κ1) is 60.5. The topological polar surface area (TPSA) is 89.5 Å². The molecule has 404 valence electrons. The third kappa shape index (κ3) is 28.4. The summed E-state index contributed by atoms with van der Waals surface area (Å²) in [6, 6.07) is 24.2. The summed E-state index contributed by atoms with van der Waals surface area (Å²) in [6.07, 6.45) is 38.0. The fourth-order valence-electron chi connectivity index (χ4n) is 9.63. The number of unbranched alkanes of at least 4 members (excludes halogenated alkanes) is 25. The normalized spacial score (nSPS) is 15.6. The fraction of sp³-hybridized carbons (Fsp3) is 0.688. The van der Waals surface area contributed by atoms with E-state index >= 15 is 0 Å². The SMILES string of the molecule is CCCCCCCCCCCCCCOc1ccc(CCC(=O)OC[C@H]2O[C@H](c3ccc(OCCCCCC)cc3)CC[C@@H]2OC(=O)CCc2ccc(OCCCCCCCCCCCCCC)cc2)cc1. The summed E-state index contributed by atoms with van der Waals surface area (Å²) in [6.45, 7) is 8.94. The van der Waals surface area contributed by atoms with Gasteiger partial charge < -0.3 is 28.4 Å². The molecule has 3 aromatic carbocycles. The molecule has 3 aromatic rings. The Morgan fingerprint density at radius 3 is 1.18 bits per heavy atom. The van der Waals surface area contributed by atoms with Crippen LogP contribution in [0.3, 0.4) is 0 Å². The van der Waals surface area contributed by atoms with Gasteiger partial charge in [-0.05, 0) is 98.0 Å². The van der Waals surface area contributed by atoms with Crippen molar-refractivity contribution in [3.63, 3.8) is 0 Å². The average Bonchev–Trinajstić information content (AvgIpc) is 3.40. The van der Waals surface area contributed by atoms with E-state index in [-0.39, 0.29) is 37.5 Å². The summed E-state index contributed by atoms with van der Waals surface area (Å²) in [4.78, 5) is 26.5. The molecule has 0 unspecified atom stereocenters. The van der Waals surface area contributed by atoms with Gasteiger partial charge in [-0.2, -0.15) is 0 Å². The molecule has 3 atom stereocenters. The number of carbonyl (C=O) groups is 2. The first-order valence-corrected chi connectivity index (χ1v) is 29.6. The highest BCUT2D eigenvalue weighted by Crippen LogP contribution is 2.34. The molecule has 72 heavy (non-hydrogen) atoms. The molecule has 8 heteroatoms. The molecule has 1 saturated heterocycles. The first-order valence-electron chi connectivity index (χ1n) is 29.6. The summed E-state index contributed by atoms with van der Waals surface area (Å²) in [5.41, 5.74) is 3.13. The van der Waals surface area contributed by atoms with Crippen LogP contribution < -0.4 is 14.2 Å². The molecule has 1 heterocycles. The lowest BCUT2D eigenvalue weighted by Crippen LogP contribution is -2.42. The molecule has 1 aliphatic heterocycles. The molecule has 0 aliphatic carbocycles. The Hall–Kier alpha value is -4.04. The fourth-order valence-corrected chi connectivity index (χ4v) is 9.63. The van der Waals surface area contributed by atoms with Crippen molar-refractivity contribution in [3.05, 3.63) is 89.5 Å². The highest BCUT2D eigenvalue weighted by atomic mass is 16.6. The molecule has 0 aromatic heterocycles. The lowest BCUT2D eigenvalue weighted by Gasteiger charge is -2.36. The van der Waals surface area contributed by atoms with Gasteiger partial charge in [-0.3, -0.25) is 9.59 Å². The maximum Gasteiger partial charge on any atom is 0.306 e. The second-order valence-electron chi connectivity index (χ2n) is 20.7. The minimum Gasteiger partial charge on any atom is -0.494 e. The van der Waals surface area contributed by atoms with E-state index in [0.717, 1.165) is 66.4 Å². The molecule has 0 amide bonds. The molecule has 1 aliphatic rings. The minimum atomic E-state index is -0.589. The van der Waals surface area contributed by atoms with E-state index < -0.39 is 12.2 Å². The summed E-state index contributed by atoms with van der Waals surface area (Å²) < 4.78 is 36.6. The van der Waals surface area contributed by atoms with Crippen LogP contribution in [0.4, 0.5) is 0 Å². The Labute approximate surface area is 438 Å². The van der Waals surface area contributed by atoms with Gasteiger partial charge in [-0.1, -0.05) is 218 Å². The van der Waals surface area contributed by atoms with E-state index in [1.165, 1.54) is 161 Å². The van der Waals surface area contributed by atoms with Crippen LogP contribution in [0.15, 0.2) is 72.8 Å². The molecule has 1 fully saturated rings. The highest BCUT2D eigenvalue weighted by molar-refractivity contribution is 5.70. The number of aryl methyl sites for hydroxylation is 2. The quantitative estimate of drug-likeness (QED) is 0.0409. The number of benzene rings is 3. The van der Waals surface area contributed by atoms with Crippen molar-refractivity contribution in [2.24, 2.45) is 0 Å². The number of hydrogen-bond donors (Lipinski definition) is 0. The summed E-state index contributed by atoms with van der Waals surface area (Å²) in [5, 5.41) is 0. The van der Waals surface area contributed by atoms with Crippen LogP contribution in [0, 0.1) is 0 Å². The summed E-state index contributed by atoms with van der Waals surface area (Å²) in [7, 11) is 0. The zero-order valence-corrected chi connectivity index (χ0v) is 45.8. The number of carbonyl (C=O) groups excluding carboxylic acids is 2. The van der Waals surface area contributed by atoms with Crippen molar-refractivity contribution < 1.29 is 38.0 Å². The zero-order valence-electron chi connectivity index (χ0n) is 45.8. The van der Waals surface area contributed by atoms with Gasteiger partial charge in [0, 0.05) is 12.8 Å². The number of ether oxygens (including phenoxy) is 6. The molecule has 0 radical (unpaired) electrons. The third-order valence-electron chi connectivity index (χ3n) is 14.3. The molecule has 8 nitrogen and oxygen atoms in total. The van der Waals surface area contributed by atoms with Crippen molar-refractivity contribution >= 4 is 11.9 Å². The van der Waals surface area contributed by atoms with E-state index in [1.54, 1.807) is 0 Å². The predicted molar refractivity (Wildman–Crippen MR) is 296 cm³/mol. The highest BCUT2D eigenvalue weighted by Gasteiger charge is 2.35. The molecule has 4 rings (SSSR count). The Bertz CT molecular complexity index is 1760. The lowest BCUT2D eigenvalue weighted by molar-refractivity contribution is -0.184. The second kappa shape index (κ2) is 40.4. The zero-order chi connectivity index (χ0) is 50.9. The molecule has 0 spiro atoms. The van der Waals surface area contributed by atoms with Gasteiger partial charge in [0.2, 0.25) is 0 Å². The molecule has 0 saturated carbocycles. The van der Waals surface area contributed by atoms with E-state index in [2.05, 4.69) is 20.8 Å². The van der Waals surface area contributed by atoms with E-state index in [9.17, 15) is 9.59 Å². The van der Waals surface area contributed by atoms with Crippen molar-refractivity contribution in [1.29, 1.82) is 0 Å². The minimum absolute atomic E-state index is 0.0128. The first-order chi connectivity index (χ1) is 35.5. The molecular formula is C64H100O8. The van der Waals surface area contributed by atoms with Gasteiger partial charge in [0.1, 0.15) is 36.1 Å². The van der Waals surface area contributed by atoms with Gasteiger partial charge in [0.15, 0.2) is 0 Å². The van der Waals surface area contributed by atoms with Crippen LogP contribution in [-0.2, 0) is 36.6 Å². The van der Waals surface area contributed by atoms with E-state index in [1.807, 2.05) is 72.8 Å². The van der Waals surface area contributed by atoms with Gasteiger partial charge in [-0.15, -0.1) is 0 Å². The van der Waals surface area contributed by atoms with Crippen LogP contribution in [-0.4, -0.2) is 50.6 Å². The number of esters is 2. The van der Waals surface area contributed by atoms with Crippen LogP contribution >= 0.6 is 0 Å². The van der Waals surface area contributed by atoms with Gasteiger partial charge in [0.25, 0.3) is 0 Å². The predicted octanol–water partition coefficient (Wildman–Crippen LogP) is 17.7. The number of rotatable bonds is 44. The third-order valence-corrected chi connectivity index (χ3v) is 14.3. The van der Waals surface area contributed by atoms with Crippen LogP contribution in [0.25, 0.3) is 0 Å². The average molecular weight is 997 g/mol. The maximum atomic E-state index is 13.3. The van der Waals surface area contributed by atoms with Crippen molar-refractivity contribution in [1.82, 2.24) is 0 Å². The Balaban J connectivity index is 1.16.